The topological polar surface area (TPSA) is 72.8 Å². The van der Waals surface area contributed by atoms with Crippen LogP contribution < -0.4 is 0 Å². The lowest BCUT2D eigenvalue weighted by atomic mass is 10.0. The highest BCUT2D eigenvalue weighted by Crippen LogP contribution is 2.17. The van der Waals surface area contributed by atoms with Gasteiger partial charge in [0.25, 0.3) is 0 Å². The monoisotopic (exact) mass is 909 g/mol. The van der Waals surface area contributed by atoms with Gasteiger partial charge in [-0.3, -0.25) is 9.59 Å². The van der Waals surface area contributed by atoms with E-state index in [1.165, 1.54) is 193 Å². The van der Waals surface area contributed by atoms with E-state index in [0.29, 0.717) is 12.8 Å². The van der Waals surface area contributed by atoms with Crippen LogP contribution in [0.1, 0.15) is 290 Å². The highest BCUT2D eigenvalue weighted by Gasteiger charge is 2.16. The molecule has 0 heterocycles. The van der Waals surface area contributed by atoms with Gasteiger partial charge in [0.05, 0.1) is 6.61 Å². The van der Waals surface area contributed by atoms with Crippen LogP contribution in [0.15, 0.2) is 60.8 Å². The summed E-state index contributed by atoms with van der Waals surface area (Å²) in [6.07, 6.45) is 74.9. The molecule has 0 fully saturated rings. The van der Waals surface area contributed by atoms with Crippen LogP contribution in [-0.4, -0.2) is 36.4 Å². The molecule has 0 aliphatic heterocycles. The standard InChI is InChI=1S/C60H108O5/c1-3-5-7-9-11-13-15-17-19-21-22-23-24-25-26-27-28-29-30-31-32-33-34-35-36-37-38-39-41-43-45-47-49-51-53-55-60(63)65-58(56-61)57-64-59(62)54-52-50-48-46-44-42-40-20-18-16-14-12-10-8-6-4-2/h5,7,11,13,17,19-20,22-23,40,58,61H,3-4,6,8-10,12,14-16,18,21,24-39,41-57H2,1-2H3/b7-5-,13-11-,19-17-,23-22-,40-20-. The van der Waals surface area contributed by atoms with Gasteiger partial charge in [-0.25, -0.2) is 0 Å². The van der Waals surface area contributed by atoms with Crippen molar-refractivity contribution in [3.05, 3.63) is 60.8 Å². The van der Waals surface area contributed by atoms with E-state index in [-0.39, 0.29) is 25.2 Å². The Morgan fingerprint density at radius 2 is 0.662 bits per heavy atom. The lowest BCUT2D eigenvalue weighted by Gasteiger charge is -2.15. The lowest BCUT2D eigenvalue weighted by molar-refractivity contribution is -0.161. The van der Waals surface area contributed by atoms with Crippen LogP contribution in [0.5, 0.6) is 0 Å². The second kappa shape index (κ2) is 55.9. The van der Waals surface area contributed by atoms with Crippen LogP contribution in [0.3, 0.4) is 0 Å². The van der Waals surface area contributed by atoms with Gasteiger partial charge in [-0.2, -0.15) is 0 Å². The molecule has 0 aromatic carbocycles. The van der Waals surface area contributed by atoms with E-state index in [1.54, 1.807) is 0 Å². The van der Waals surface area contributed by atoms with Crippen molar-refractivity contribution in [2.45, 2.75) is 296 Å². The predicted molar refractivity (Wildman–Crippen MR) is 284 cm³/mol. The van der Waals surface area contributed by atoms with E-state index >= 15 is 0 Å². The van der Waals surface area contributed by atoms with Crippen molar-refractivity contribution in [2.24, 2.45) is 0 Å². The van der Waals surface area contributed by atoms with E-state index in [1.807, 2.05) is 0 Å². The van der Waals surface area contributed by atoms with Gasteiger partial charge in [-0.15, -0.1) is 0 Å². The summed E-state index contributed by atoms with van der Waals surface area (Å²) in [4.78, 5) is 24.5. The average Bonchev–Trinajstić information content (AvgIpc) is 3.31. The number of unbranched alkanes of at least 4 members (excludes halogenated alkanes) is 34. The molecule has 0 spiro atoms. The van der Waals surface area contributed by atoms with Crippen molar-refractivity contribution in [2.75, 3.05) is 13.2 Å². The first-order chi connectivity index (χ1) is 32.1. The highest BCUT2D eigenvalue weighted by molar-refractivity contribution is 5.70. The number of allylic oxidation sites excluding steroid dienone is 10. The van der Waals surface area contributed by atoms with Crippen molar-refractivity contribution < 1.29 is 24.2 Å². The van der Waals surface area contributed by atoms with Crippen LogP contribution in [0, 0.1) is 0 Å². The SMILES string of the molecule is CC/C=C\C/C=C\C/C=C\C/C=C\CCCCCCCCCCCCCCCCCCCCCCCCC(=O)OC(CO)COC(=O)CCCCCCC/C=C\CCCCCCCCC. The Kier molecular flexibility index (Phi) is 53.9. The third kappa shape index (κ3) is 54.1. The van der Waals surface area contributed by atoms with Crippen molar-refractivity contribution in [1.82, 2.24) is 0 Å². The van der Waals surface area contributed by atoms with Crippen LogP contribution >= 0.6 is 0 Å². The second-order valence-corrected chi connectivity index (χ2v) is 19.0. The smallest absolute Gasteiger partial charge is 0.306 e. The molecular weight excluding hydrogens is 801 g/mol. The van der Waals surface area contributed by atoms with Crippen LogP contribution in [0.2, 0.25) is 0 Å². The van der Waals surface area contributed by atoms with Gasteiger partial charge in [0.15, 0.2) is 6.10 Å². The Morgan fingerprint density at radius 3 is 1.02 bits per heavy atom. The number of carbonyl (C=O) groups excluding carboxylic acids is 2. The van der Waals surface area contributed by atoms with Gasteiger partial charge < -0.3 is 14.6 Å². The fourth-order valence-corrected chi connectivity index (χ4v) is 8.31. The zero-order chi connectivity index (χ0) is 47.0. The van der Waals surface area contributed by atoms with Gasteiger partial charge in [0, 0.05) is 12.8 Å². The summed E-state index contributed by atoms with van der Waals surface area (Å²) in [5.74, 6) is -0.588. The molecule has 1 unspecified atom stereocenters. The maximum Gasteiger partial charge on any atom is 0.306 e. The quantitative estimate of drug-likeness (QED) is 0.0374. The summed E-state index contributed by atoms with van der Waals surface area (Å²) in [7, 11) is 0. The number of esters is 2. The molecule has 0 radical (unpaired) electrons. The molecule has 1 atom stereocenters. The van der Waals surface area contributed by atoms with Crippen molar-refractivity contribution in [3.8, 4) is 0 Å². The van der Waals surface area contributed by atoms with Gasteiger partial charge in [0.1, 0.15) is 6.61 Å². The van der Waals surface area contributed by atoms with E-state index in [4.69, 9.17) is 9.47 Å². The zero-order valence-corrected chi connectivity index (χ0v) is 43.3. The molecule has 0 saturated heterocycles. The van der Waals surface area contributed by atoms with Crippen LogP contribution in [-0.2, 0) is 19.1 Å². The number of ether oxygens (including phenoxy) is 2. The third-order valence-corrected chi connectivity index (χ3v) is 12.5. The Bertz CT molecular complexity index is 1120. The highest BCUT2D eigenvalue weighted by atomic mass is 16.6. The van der Waals surface area contributed by atoms with E-state index in [0.717, 1.165) is 70.6 Å². The van der Waals surface area contributed by atoms with E-state index in [2.05, 4.69) is 74.6 Å². The van der Waals surface area contributed by atoms with Crippen molar-refractivity contribution in [1.29, 1.82) is 0 Å². The van der Waals surface area contributed by atoms with E-state index in [9.17, 15) is 14.7 Å². The van der Waals surface area contributed by atoms with Gasteiger partial charge in [0.2, 0.25) is 0 Å². The lowest BCUT2D eigenvalue weighted by Crippen LogP contribution is -2.28. The average molecular weight is 910 g/mol. The van der Waals surface area contributed by atoms with Crippen molar-refractivity contribution >= 4 is 11.9 Å². The molecule has 5 heteroatoms. The molecular formula is C60H108O5. The molecule has 1 N–H and O–H groups in total. The maximum atomic E-state index is 12.3. The molecule has 65 heavy (non-hydrogen) atoms. The Balaban J connectivity index is 3.42. The second-order valence-electron chi connectivity index (χ2n) is 19.0. The number of hydrogen-bond donors (Lipinski definition) is 1. The molecule has 0 bridgehead atoms. The number of hydrogen-bond acceptors (Lipinski definition) is 5. The first-order valence-electron chi connectivity index (χ1n) is 28.3. The molecule has 0 aliphatic carbocycles. The molecule has 0 aromatic heterocycles. The predicted octanol–water partition coefficient (Wildman–Crippen LogP) is 19.0. The summed E-state index contributed by atoms with van der Waals surface area (Å²) in [5.41, 5.74) is 0. The van der Waals surface area contributed by atoms with Gasteiger partial charge in [-0.1, -0.05) is 261 Å². The first-order valence-corrected chi connectivity index (χ1v) is 28.3. The summed E-state index contributed by atoms with van der Waals surface area (Å²) in [5, 5.41) is 9.63. The van der Waals surface area contributed by atoms with Gasteiger partial charge in [-0.05, 0) is 77.0 Å². The molecule has 378 valence electrons. The summed E-state index contributed by atoms with van der Waals surface area (Å²) in [6.45, 7) is 4.05. The normalized spacial score (nSPS) is 12.6. The Labute approximate surface area is 404 Å². The number of carbonyl (C=O) groups is 2. The molecule has 0 saturated carbocycles. The number of aliphatic hydroxyl groups is 1. The van der Waals surface area contributed by atoms with Crippen LogP contribution in [0.25, 0.3) is 0 Å². The minimum atomic E-state index is -0.774. The molecule has 0 aromatic rings. The first kappa shape index (κ1) is 62.6. The Hall–Kier alpha value is -2.40. The number of rotatable bonds is 52. The summed E-state index contributed by atoms with van der Waals surface area (Å²) < 4.78 is 10.7. The fourth-order valence-electron chi connectivity index (χ4n) is 8.31. The summed E-state index contributed by atoms with van der Waals surface area (Å²) in [6, 6.07) is 0. The third-order valence-electron chi connectivity index (χ3n) is 12.5. The molecule has 0 amide bonds. The minimum absolute atomic E-state index is 0.0671. The Morgan fingerprint density at radius 1 is 0.369 bits per heavy atom. The molecule has 0 aliphatic rings. The maximum absolute atomic E-state index is 12.3. The van der Waals surface area contributed by atoms with E-state index < -0.39 is 6.10 Å². The van der Waals surface area contributed by atoms with Crippen molar-refractivity contribution in [3.63, 3.8) is 0 Å². The fraction of sp³-hybridized carbons (Fsp3) is 0.800. The molecule has 5 nitrogen and oxygen atoms in total. The van der Waals surface area contributed by atoms with Gasteiger partial charge >= 0.3 is 11.9 Å². The van der Waals surface area contributed by atoms with Crippen LogP contribution in [0.4, 0.5) is 0 Å². The zero-order valence-electron chi connectivity index (χ0n) is 43.3. The summed E-state index contributed by atoms with van der Waals surface area (Å²) >= 11 is 0. The molecule has 0 rings (SSSR count). The number of aliphatic hydroxyl groups excluding tert-OH is 1. The minimum Gasteiger partial charge on any atom is -0.462 e. The largest absolute Gasteiger partial charge is 0.462 e.